The zero-order valence-corrected chi connectivity index (χ0v) is 15.8. The number of Topliss-reactive ketones (excluding diaryl/α,β-unsaturated/α-hetero) is 1. The number of fused-ring (bicyclic) bond motifs is 2. The number of H-pyrrole nitrogens is 1. The lowest BCUT2D eigenvalue weighted by molar-refractivity contribution is 0.103. The molecule has 0 amide bonds. The van der Waals surface area contributed by atoms with Crippen LogP contribution >= 0.6 is 11.6 Å². The molecule has 0 saturated carbocycles. The number of anilines is 1. The molecular formula is C21H16ClN5O. The number of nitrogens with one attached hydrogen (secondary N) is 1. The molecule has 6 nitrogen and oxygen atoms in total. The van der Waals surface area contributed by atoms with Crippen LogP contribution in [0.25, 0.3) is 22.8 Å². The normalized spacial score (nSPS) is 13.0. The van der Waals surface area contributed by atoms with Crippen LogP contribution in [-0.2, 0) is 6.42 Å². The minimum absolute atomic E-state index is 0.130. The second-order valence-corrected chi connectivity index (χ2v) is 7.27. The average Bonchev–Trinajstić information content (AvgIpc) is 3.36. The first-order chi connectivity index (χ1) is 13.5. The average molecular weight is 390 g/mol. The van der Waals surface area contributed by atoms with E-state index in [1.165, 1.54) is 6.20 Å². The number of imidazole rings is 1. The molecule has 0 saturated heterocycles. The smallest absolute Gasteiger partial charge is 0.194 e. The summed E-state index contributed by atoms with van der Waals surface area (Å²) in [5.74, 6) is 1.01. The lowest BCUT2D eigenvalue weighted by Gasteiger charge is -2.05. The number of allylic oxidation sites excluding steroid dienone is 1. The molecule has 0 radical (unpaired) electrons. The van der Waals surface area contributed by atoms with Gasteiger partial charge in [0.1, 0.15) is 11.6 Å². The van der Waals surface area contributed by atoms with E-state index in [9.17, 15) is 4.79 Å². The number of hydrogen-bond acceptors (Lipinski definition) is 4. The van der Waals surface area contributed by atoms with Crippen molar-refractivity contribution in [2.45, 2.75) is 13.3 Å². The van der Waals surface area contributed by atoms with Gasteiger partial charge in [-0.2, -0.15) is 5.10 Å². The van der Waals surface area contributed by atoms with Crippen molar-refractivity contribution in [3.8, 4) is 5.69 Å². The molecule has 0 fully saturated rings. The van der Waals surface area contributed by atoms with Gasteiger partial charge in [0.15, 0.2) is 5.78 Å². The molecule has 28 heavy (non-hydrogen) atoms. The van der Waals surface area contributed by atoms with E-state index in [1.807, 2.05) is 49.4 Å². The number of rotatable bonds is 3. The third-order valence-electron chi connectivity index (χ3n) is 5.01. The zero-order valence-electron chi connectivity index (χ0n) is 15.0. The fourth-order valence-corrected chi connectivity index (χ4v) is 3.89. The van der Waals surface area contributed by atoms with Crippen molar-refractivity contribution < 1.29 is 4.79 Å². The number of carbonyl (C=O) groups is 1. The van der Waals surface area contributed by atoms with Crippen LogP contribution in [0.3, 0.4) is 0 Å². The van der Waals surface area contributed by atoms with Gasteiger partial charge in [-0.05, 0) is 48.4 Å². The van der Waals surface area contributed by atoms with E-state index in [-0.39, 0.29) is 5.78 Å². The maximum Gasteiger partial charge on any atom is 0.194 e. The van der Waals surface area contributed by atoms with Gasteiger partial charge in [0.25, 0.3) is 0 Å². The molecule has 0 unspecified atom stereocenters. The summed E-state index contributed by atoms with van der Waals surface area (Å²) in [5, 5.41) is 4.99. The maximum absolute atomic E-state index is 13.0. The number of halogens is 1. The predicted octanol–water partition coefficient (Wildman–Crippen LogP) is 4.12. The monoisotopic (exact) mass is 389 g/mol. The minimum atomic E-state index is -0.130. The Kier molecular flexibility index (Phi) is 3.64. The Morgan fingerprint density at radius 1 is 1.29 bits per heavy atom. The topological polar surface area (TPSA) is 89.6 Å². The van der Waals surface area contributed by atoms with Crippen molar-refractivity contribution in [3.63, 3.8) is 0 Å². The molecular weight excluding hydrogens is 374 g/mol. The number of benzene rings is 2. The molecule has 2 aromatic carbocycles. The van der Waals surface area contributed by atoms with Gasteiger partial charge in [-0.25, -0.2) is 9.67 Å². The van der Waals surface area contributed by atoms with Crippen LogP contribution in [0.4, 0.5) is 5.82 Å². The molecule has 0 aliphatic heterocycles. The lowest BCUT2D eigenvalue weighted by Crippen LogP contribution is -2.08. The van der Waals surface area contributed by atoms with Crippen LogP contribution in [0, 0.1) is 6.92 Å². The Morgan fingerprint density at radius 3 is 2.96 bits per heavy atom. The molecule has 2 heterocycles. The summed E-state index contributed by atoms with van der Waals surface area (Å²) in [5.41, 5.74) is 11.8. The van der Waals surface area contributed by atoms with Gasteiger partial charge in [-0.3, -0.25) is 4.79 Å². The molecule has 0 atom stereocenters. The first-order valence-corrected chi connectivity index (χ1v) is 9.22. The Hall–Kier alpha value is -3.38. The van der Waals surface area contributed by atoms with Crippen molar-refractivity contribution in [3.05, 3.63) is 75.7 Å². The standard InChI is InChI=1S/C21H16ClN5O/c1-11-25-18-6-5-14(9-19(18)26-11)27-21(23)16(10-24-27)20(28)13-7-12-3-2-4-17(22)15(12)8-13/h2-6,8-10H,7,23H2,1H3,(H,25,26). The summed E-state index contributed by atoms with van der Waals surface area (Å²) in [4.78, 5) is 20.6. The second-order valence-electron chi connectivity index (χ2n) is 6.87. The largest absolute Gasteiger partial charge is 0.383 e. The van der Waals surface area contributed by atoms with Crippen LogP contribution < -0.4 is 5.73 Å². The molecule has 4 aromatic rings. The van der Waals surface area contributed by atoms with Crippen LogP contribution in [0.2, 0.25) is 5.02 Å². The van der Waals surface area contributed by atoms with Crippen LogP contribution in [0.1, 0.15) is 27.3 Å². The Bertz CT molecular complexity index is 1300. The summed E-state index contributed by atoms with van der Waals surface area (Å²) in [6.45, 7) is 1.90. The lowest BCUT2D eigenvalue weighted by atomic mass is 10.0. The van der Waals surface area contributed by atoms with Gasteiger partial charge in [0.05, 0.1) is 28.5 Å². The fraction of sp³-hybridized carbons (Fsp3) is 0.0952. The molecule has 2 aromatic heterocycles. The van der Waals surface area contributed by atoms with Crippen LogP contribution in [-0.4, -0.2) is 25.5 Å². The third kappa shape index (κ3) is 2.53. The number of carbonyl (C=O) groups excluding carboxylic acids is 1. The maximum atomic E-state index is 13.0. The number of aromatic amines is 1. The summed E-state index contributed by atoms with van der Waals surface area (Å²) in [6, 6.07) is 11.4. The SMILES string of the molecule is Cc1nc2ccc(-n3ncc(C(=O)C4=Cc5c(Cl)cccc5C4)c3N)cc2[nH]1. The van der Waals surface area contributed by atoms with E-state index in [0.29, 0.717) is 28.4 Å². The summed E-state index contributed by atoms with van der Waals surface area (Å²) in [6.07, 6.45) is 3.90. The first-order valence-electron chi connectivity index (χ1n) is 8.84. The second kappa shape index (κ2) is 6.07. The predicted molar refractivity (Wildman–Crippen MR) is 110 cm³/mol. The molecule has 5 rings (SSSR count). The third-order valence-corrected chi connectivity index (χ3v) is 5.34. The number of nitrogen functional groups attached to an aromatic ring is 1. The quantitative estimate of drug-likeness (QED) is 0.516. The van der Waals surface area contributed by atoms with Gasteiger partial charge in [-0.15, -0.1) is 0 Å². The molecule has 1 aliphatic rings. The van der Waals surface area contributed by atoms with Gasteiger partial charge >= 0.3 is 0 Å². The van der Waals surface area contributed by atoms with Gasteiger partial charge in [-0.1, -0.05) is 23.7 Å². The molecule has 7 heteroatoms. The number of aromatic nitrogens is 4. The van der Waals surface area contributed by atoms with Crippen LogP contribution in [0.15, 0.2) is 48.2 Å². The van der Waals surface area contributed by atoms with Crippen molar-refractivity contribution in [2.24, 2.45) is 0 Å². The van der Waals surface area contributed by atoms with E-state index in [2.05, 4.69) is 15.1 Å². The van der Waals surface area contributed by atoms with E-state index in [1.54, 1.807) is 4.68 Å². The molecule has 0 spiro atoms. The Balaban J connectivity index is 1.51. The molecule has 138 valence electrons. The highest BCUT2D eigenvalue weighted by Crippen LogP contribution is 2.33. The molecule has 0 bridgehead atoms. The van der Waals surface area contributed by atoms with Crippen molar-refractivity contribution in [1.82, 2.24) is 19.7 Å². The van der Waals surface area contributed by atoms with Gasteiger partial charge in [0, 0.05) is 17.0 Å². The van der Waals surface area contributed by atoms with Crippen molar-refractivity contribution >= 4 is 40.3 Å². The first kappa shape index (κ1) is 16.8. The van der Waals surface area contributed by atoms with Crippen LogP contribution in [0.5, 0.6) is 0 Å². The number of aryl methyl sites for hydroxylation is 1. The number of nitrogens with zero attached hydrogens (tertiary/aromatic N) is 3. The Morgan fingerprint density at radius 2 is 2.14 bits per heavy atom. The van der Waals surface area contributed by atoms with E-state index < -0.39 is 0 Å². The summed E-state index contributed by atoms with van der Waals surface area (Å²) < 4.78 is 1.57. The number of hydrogen-bond donors (Lipinski definition) is 2. The fourth-order valence-electron chi connectivity index (χ4n) is 3.64. The van der Waals surface area contributed by atoms with E-state index in [4.69, 9.17) is 17.3 Å². The van der Waals surface area contributed by atoms with Gasteiger partial charge < -0.3 is 10.7 Å². The summed E-state index contributed by atoms with van der Waals surface area (Å²) in [7, 11) is 0. The highest BCUT2D eigenvalue weighted by Gasteiger charge is 2.24. The number of nitrogens with two attached hydrogens (primary N) is 1. The minimum Gasteiger partial charge on any atom is -0.383 e. The van der Waals surface area contributed by atoms with Crippen molar-refractivity contribution in [2.75, 3.05) is 5.73 Å². The van der Waals surface area contributed by atoms with Gasteiger partial charge in [0.2, 0.25) is 0 Å². The Labute approximate surface area is 165 Å². The van der Waals surface area contributed by atoms with Crippen molar-refractivity contribution in [1.29, 1.82) is 0 Å². The highest BCUT2D eigenvalue weighted by atomic mass is 35.5. The molecule has 1 aliphatic carbocycles. The zero-order chi connectivity index (χ0) is 19.4. The molecule has 3 N–H and O–H groups in total. The highest BCUT2D eigenvalue weighted by molar-refractivity contribution is 6.32. The number of ketones is 1. The van der Waals surface area contributed by atoms with E-state index in [0.717, 1.165) is 33.7 Å². The summed E-state index contributed by atoms with van der Waals surface area (Å²) >= 11 is 6.25. The van der Waals surface area contributed by atoms with E-state index >= 15 is 0 Å².